The Morgan fingerprint density at radius 1 is 0.583 bits per heavy atom. The lowest BCUT2D eigenvalue weighted by Gasteiger charge is -2.29. The van der Waals surface area contributed by atoms with E-state index in [2.05, 4.69) is 35.1 Å². The van der Waals surface area contributed by atoms with Crippen LogP contribution in [0, 0.1) is 11.8 Å². The van der Waals surface area contributed by atoms with Crippen LogP contribution >= 0.6 is 0 Å². The lowest BCUT2D eigenvalue weighted by molar-refractivity contribution is -0.166. The largest absolute Gasteiger partial charge is 0.497 e. The van der Waals surface area contributed by atoms with Crippen LogP contribution in [0.15, 0.2) is 48.5 Å². The van der Waals surface area contributed by atoms with Crippen molar-refractivity contribution in [1.82, 2.24) is 21.3 Å². The highest BCUT2D eigenvalue weighted by Crippen LogP contribution is 2.18. The van der Waals surface area contributed by atoms with Gasteiger partial charge in [0, 0.05) is 25.2 Å². The van der Waals surface area contributed by atoms with E-state index in [1.54, 1.807) is 0 Å². The number of rotatable bonds is 11. The molecule has 0 bridgehead atoms. The molecular formula is C42H62N4O14. The fraction of sp³-hybridized carbons (Fsp3) is 0.571. The first kappa shape index (κ1) is 50.5. The molecule has 2 heterocycles. The summed E-state index contributed by atoms with van der Waals surface area (Å²) >= 11 is 0. The number of hydrogen-bond acceptors (Lipinski definition) is 14. The second kappa shape index (κ2) is 23.8. The van der Waals surface area contributed by atoms with Crippen LogP contribution in [0.2, 0.25) is 0 Å². The maximum absolute atomic E-state index is 12.2. The first-order chi connectivity index (χ1) is 28.0. The Bertz CT molecular complexity index is 1580. The number of amides is 2. The van der Waals surface area contributed by atoms with E-state index < -0.39 is 47.3 Å². The van der Waals surface area contributed by atoms with E-state index >= 15 is 0 Å². The van der Waals surface area contributed by atoms with E-state index in [1.807, 2.05) is 41.5 Å². The van der Waals surface area contributed by atoms with Gasteiger partial charge in [-0.15, -0.1) is 0 Å². The minimum Gasteiger partial charge on any atom is -0.497 e. The summed E-state index contributed by atoms with van der Waals surface area (Å²) in [6, 6.07) is 11.4. The second-order valence-electron chi connectivity index (χ2n) is 16.5. The van der Waals surface area contributed by atoms with Gasteiger partial charge in [-0.3, -0.25) is 0 Å². The van der Waals surface area contributed by atoms with Crippen molar-refractivity contribution in [2.45, 2.75) is 104 Å². The molecular weight excluding hydrogens is 784 g/mol. The van der Waals surface area contributed by atoms with E-state index in [0.717, 1.165) is 39.0 Å². The van der Waals surface area contributed by atoms with E-state index in [1.165, 1.54) is 62.8 Å². The third kappa shape index (κ3) is 19.4. The number of carboxylic acid groups (broad SMARTS) is 2. The molecule has 0 aromatic heterocycles. The van der Waals surface area contributed by atoms with E-state index in [4.69, 9.17) is 28.4 Å². The Morgan fingerprint density at radius 2 is 0.900 bits per heavy atom. The van der Waals surface area contributed by atoms with Crippen LogP contribution in [0.4, 0.5) is 9.59 Å². The van der Waals surface area contributed by atoms with Crippen molar-refractivity contribution < 1.29 is 67.4 Å². The molecule has 18 heteroatoms. The third-order valence-corrected chi connectivity index (χ3v) is 8.46. The van der Waals surface area contributed by atoms with Gasteiger partial charge in [0.1, 0.15) is 22.7 Å². The molecule has 6 atom stereocenters. The lowest BCUT2D eigenvalue weighted by atomic mass is 9.98. The summed E-state index contributed by atoms with van der Waals surface area (Å²) in [6.45, 7) is 19.3. The smallest absolute Gasteiger partial charge is 0.407 e. The molecule has 0 aliphatic carbocycles. The van der Waals surface area contributed by atoms with E-state index in [9.17, 15) is 39.0 Å². The summed E-state index contributed by atoms with van der Waals surface area (Å²) < 4.78 is 29.9. The van der Waals surface area contributed by atoms with Gasteiger partial charge >= 0.3 is 36.1 Å². The van der Waals surface area contributed by atoms with Crippen molar-refractivity contribution >= 4 is 36.1 Å². The first-order valence-electron chi connectivity index (χ1n) is 19.6. The Labute approximate surface area is 351 Å². The Morgan fingerprint density at radius 3 is 1.15 bits per heavy atom. The van der Waals surface area contributed by atoms with Gasteiger partial charge in [-0.05, 0) is 128 Å². The number of hydrogen-bond donors (Lipinski definition) is 6. The fourth-order valence-corrected chi connectivity index (χ4v) is 5.79. The molecule has 6 N–H and O–H groups in total. The predicted molar refractivity (Wildman–Crippen MR) is 219 cm³/mol. The van der Waals surface area contributed by atoms with Gasteiger partial charge in [0.15, 0.2) is 0 Å². The highest BCUT2D eigenvalue weighted by Gasteiger charge is 2.41. The minimum absolute atomic E-state index is 0.0485. The number of esters is 2. The minimum atomic E-state index is -2.28. The molecule has 2 aromatic rings. The first-order valence-corrected chi connectivity index (χ1v) is 19.6. The van der Waals surface area contributed by atoms with Gasteiger partial charge in [0.05, 0.1) is 25.3 Å². The highest BCUT2D eigenvalue weighted by molar-refractivity contribution is 5.95. The van der Waals surface area contributed by atoms with Crippen molar-refractivity contribution in [1.29, 1.82) is 0 Å². The van der Waals surface area contributed by atoms with Gasteiger partial charge < -0.3 is 59.9 Å². The lowest BCUT2D eigenvalue weighted by Crippen LogP contribution is -2.49. The Kier molecular flexibility index (Phi) is 20.1. The molecule has 2 aliphatic heterocycles. The topological polar surface area (TPSA) is 246 Å². The molecule has 0 spiro atoms. The molecule has 2 amide bonds. The third-order valence-electron chi connectivity index (χ3n) is 8.46. The number of benzene rings is 2. The quantitative estimate of drug-likeness (QED) is 0.133. The van der Waals surface area contributed by atoms with Crippen molar-refractivity contribution in [2.75, 3.05) is 40.4 Å². The number of nitrogens with one attached hydrogen (secondary N) is 4. The van der Waals surface area contributed by atoms with Gasteiger partial charge in [0.25, 0.3) is 0 Å². The monoisotopic (exact) mass is 846 g/mol. The summed E-state index contributed by atoms with van der Waals surface area (Å²) in [5.41, 5.74) is -0.935. The van der Waals surface area contributed by atoms with Crippen LogP contribution in [0.25, 0.3) is 0 Å². The SMILES string of the molecule is COc1ccc(C(=O)O[C@@H](C(=O)O)[C@@H](OC(=O)c2ccc(OC)cc2)C(=O)O)cc1.C[C@@H]1CNC[C@H](NC(=O)OC(C)(C)C)C1.C[C@H]1CNC[C@@H](NC(=O)OC(C)(C)C)C1. The zero-order valence-corrected chi connectivity index (χ0v) is 36.1. The van der Waals surface area contributed by atoms with Crippen molar-refractivity contribution in [2.24, 2.45) is 11.8 Å². The fourth-order valence-electron chi connectivity index (χ4n) is 5.79. The number of ether oxygens (including phenoxy) is 6. The van der Waals surface area contributed by atoms with E-state index in [-0.39, 0.29) is 35.4 Å². The van der Waals surface area contributed by atoms with Crippen LogP contribution < -0.4 is 30.7 Å². The molecule has 18 nitrogen and oxygen atoms in total. The average molecular weight is 847 g/mol. The number of piperidine rings is 2. The van der Waals surface area contributed by atoms with Crippen molar-refractivity contribution in [3.8, 4) is 11.5 Å². The highest BCUT2D eigenvalue weighted by atomic mass is 16.6. The molecule has 60 heavy (non-hydrogen) atoms. The van der Waals surface area contributed by atoms with Crippen molar-refractivity contribution in [3.63, 3.8) is 0 Å². The molecule has 2 saturated heterocycles. The average Bonchev–Trinajstić information content (AvgIpc) is 3.15. The summed E-state index contributed by atoms with van der Waals surface area (Å²) in [5.74, 6) is -3.72. The molecule has 0 unspecified atom stereocenters. The van der Waals surface area contributed by atoms with Gasteiger partial charge in [-0.2, -0.15) is 0 Å². The number of carbonyl (C=O) groups excluding carboxylic acids is 4. The van der Waals surface area contributed by atoms with Crippen LogP contribution in [-0.4, -0.2) is 122 Å². The zero-order valence-electron chi connectivity index (χ0n) is 36.1. The number of carbonyl (C=O) groups is 6. The maximum atomic E-state index is 12.2. The normalized spacial score (nSPS) is 19.7. The molecule has 2 aliphatic rings. The summed E-state index contributed by atoms with van der Waals surface area (Å²) in [4.78, 5) is 70.5. The van der Waals surface area contributed by atoms with Crippen LogP contribution in [0.3, 0.4) is 0 Å². The summed E-state index contributed by atoms with van der Waals surface area (Å²) in [5, 5.41) is 31.0. The maximum Gasteiger partial charge on any atom is 0.407 e. The van der Waals surface area contributed by atoms with Gasteiger partial charge in [-0.1, -0.05) is 13.8 Å². The van der Waals surface area contributed by atoms with Crippen LogP contribution in [0.1, 0.15) is 88.9 Å². The molecule has 0 radical (unpaired) electrons. The zero-order chi connectivity index (χ0) is 45.2. The summed E-state index contributed by atoms with van der Waals surface area (Å²) in [6.07, 6.45) is -3.15. The predicted octanol–water partition coefficient (Wildman–Crippen LogP) is 4.64. The Hall–Kier alpha value is -5.62. The number of alkyl carbamates (subject to hydrolysis) is 2. The summed E-state index contributed by atoms with van der Waals surface area (Å²) in [7, 11) is 2.84. The van der Waals surface area contributed by atoms with Crippen LogP contribution in [-0.2, 0) is 28.5 Å². The second-order valence-corrected chi connectivity index (χ2v) is 16.5. The number of carboxylic acids is 2. The number of aliphatic carboxylic acids is 2. The van der Waals surface area contributed by atoms with Gasteiger partial charge in [-0.25, -0.2) is 28.8 Å². The molecule has 4 rings (SSSR count). The number of methoxy groups -OCH3 is 2. The Balaban J connectivity index is 0.000000346. The molecule has 2 aromatic carbocycles. The van der Waals surface area contributed by atoms with E-state index in [0.29, 0.717) is 23.3 Å². The van der Waals surface area contributed by atoms with Crippen LogP contribution in [0.5, 0.6) is 11.5 Å². The molecule has 334 valence electrons. The molecule has 2 fully saturated rings. The standard InChI is InChI=1S/C20H18O10.2C11H22N2O2/c1-27-13-7-3-11(4-8-13)19(25)29-15(17(21)22)16(18(23)24)30-20(26)12-5-9-14(28-2)10-6-12;2*1-8-5-9(7-12-6-8)13-10(14)15-11(2,3)4/h3-10,15-16H,1-2H3,(H,21,22)(H,23,24);2*8-9,12H,5-7H2,1-4H3,(H,13,14)/t15-,16-;2*8-,9+/m110/s1. The molecule has 0 saturated carbocycles. The van der Waals surface area contributed by atoms with Crippen molar-refractivity contribution in [3.05, 3.63) is 59.7 Å². The van der Waals surface area contributed by atoms with Gasteiger partial charge in [0.2, 0.25) is 12.2 Å².